The van der Waals surface area contributed by atoms with E-state index in [1.807, 2.05) is 0 Å². The van der Waals surface area contributed by atoms with Crippen LogP contribution in [0, 0.1) is 10.1 Å². The molecule has 2 aromatic rings. The van der Waals surface area contributed by atoms with E-state index < -0.39 is 10.8 Å². The molecular formula is C11H8N2O4. The van der Waals surface area contributed by atoms with Crippen LogP contribution in [-0.4, -0.2) is 10.8 Å². The SMILES string of the molecule is NC(=O)c1ccccc1-c1occc1[N+](=O)[O-]. The Hall–Kier alpha value is -2.63. The van der Waals surface area contributed by atoms with E-state index in [9.17, 15) is 14.9 Å². The number of nitrogens with two attached hydrogens (primary N) is 1. The minimum absolute atomic E-state index is 0.0319. The van der Waals surface area contributed by atoms with Gasteiger partial charge in [-0.3, -0.25) is 14.9 Å². The fraction of sp³-hybridized carbons (Fsp3) is 0. The summed E-state index contributed by atoms with van der Waals surface area (Å²) >= 11 is 0. The van der Waals surface area contributed by atoms with Crippen LogP contribution in [0.15, 0.2) is 41.0 Å². The van der Waals surface area contributed by atoms with Gasteiger partial charge in [0.05, 0.1) is 22.8 Å². The number of carbonyl (C=O) groups excluding carboxylic acids is 1. The van der Waals surface area contributed by atoms with E-state index in [1.165, 1.54) is 18.4 Å². The molecule has 17 heavy (non-hydrogen) atoms. The summed E-state index contributed by atoms with van der Waals surface area (Å²) < 4.78 is 5.05. The van der Waals surface area contributed by atoms with Gasteiger partial charge < -0.3 is 10.2 Å². The number of rotatable bonds is 3. The first kappa shape index (κ1) is 10.9. The van der Waals surface area contributed by atoms with Crippen LogP contribution in [0.3, 0.4) is 0 Å². The fourth-order valence-electron chi connectivity index (χ4n) is 1.54. The molecule has 2 rings (SSSR count). The fourth-order valence-corrected chi connectivity index (χ4v) is 1.54. The quantitative estimate of drug-likeness (QED) is 0.645. The van der Waals surface area contributed by atoms with Crippen molar-refractivity contribution >= 4 is 11.6 Å². The molecule has 86 valence electrons. The second kappa shape index (κ2) is 4.09. The highest BCUT2D eigenvalue weighted by Crippen LogP contribution is 2.32. The minimum atomic E-state index is -0.661. The highest BCUT2D eigenvalue weighted by atomic mass is 16.6. The molecular weight excluding hydrogens is 224 g/mol. The van der Waals surface area contributed by atoms with E-state index in [2.05, 4.69) is 0 Å². The number of hydrogen-bond acceptors (Lipinski definition) is 4. The summed E-state index contributed by atoms with van der Waals surface area (Å²) in [6.45, 7) is 0. The van der Waals surface area contributed by atoms with Gasteiger partial charge in [0.2, 0.25) is 11.7 Å². The lowest BCUT2D eigenvalue weighted by Crippen LogP contribution is -2.12. The van der Waals surface area contributed by atoms with E-state index in [0.29, 0.717) is 5.56 Å². The Morgan fingerprint density at radius 2 is 2.00 bits per heavy atom. The van der Waals surface area contributed by atoms with Gasteiger partial charge in [-0.2, -0.15) is 0 Å². The molecule has 6 heteroatoms. The highest BCUT2D eigenvalue weighted by molar-refractivity contribution is 6.00. The van der Waals surface area contributed by atoms with E-state index in [0.717, 1.165) is 0 Å². The van der Waals surface area contributed by atoms with Crippen LogP contribution in [0.5, 0.6) is 0 Å². The lowest BCUT2D eigenvalue weighted by Gasteiger charge is -2.02. The molecule has 0 radical (unpaired) electrons. The number of primary amides is 1. The summed E-state index contributed by atoms with van der Waals surface area (Å²) in [6.07, 6.45) is 1.20. The third-order valence-electron chi connectivity index (χ3n) is 2.28. The molecule has 0 unspecified atom stereocenters. The Morgan fingerprint density at radius 3 is 2.65 bits per heavy atom. The first-order valence-corrected chi connectivity index (χ1v) is 4.72. The third kappa shape index (κ3) is 1.87. The van der Waals surface area contributed by atoms with Gasteiger partial charge in [0.15, 0.2) is 0 Å². The molecule has 0 fully saturated rings. The molecule has 0 aliphatic rings. The summed E-state index contributed by atoms with van der Waals surface area (Å²) in [7, 11) is 0. The summed E-state index contributed by atoms with van der Waals surface area (Å²) in [4.78, 5) is 21.4. The van der Waals surface area contributed by atoms with Crippen molar-refractivity contribution in [1.82, 2.24) is 0 Å². The van der Waals surface area contributed by atoms with Gasteiger partial charge in [0, 0.05) is 5.56 Å². The van der Waals surface area contributed by atoms with Crippen LogP contribution in [0.25, 0.3) is 11.3 Å². The molecule has 0 bridgehead atoms. The summed E-state index contributed by atoms with van der Waals surface area (Å²) in [5.41, 5.74) is 5.50. The number of benzene rings is 1. The molecule has 0 aliphatic carbocycles. The van der Waals surface area contributed by atoms with Crippen LogP contribution in [0.2, 0.25) is 0 Å². The largest absolute Gasteiger partial charge is 0.457 e. The first-order chi connectivity index (χ1) is 8.11. The monoisotopic (exact) mass is 232 g/mol. The van der Waals surface area contributed by atoms with Crippen molar-refractivity contribution in [3.8, 4) is 11.3 Å². The van der Waals surface area contributed by atoms with Crippen molar-refractivity contribution in [2.24, 2.45) is 5.73 Å². The maximum absolute atomic E-state index is 11.2. The van der Waals surface area contributed by atoms with E-state index in [-0.39, 0.29) is 17.0 Å². The zero-order valence-electron chi connectivity index (χ0n) is 8.62. The number of nitro groups is 1. The average Bonchev–Trinajstić information content (AvgIpc) is 2.77. The summed E-state index contributed by atoms with van der Waals surface area (Å²) in [5, 5.41) is 10.8. The normalized spacial score (nSPS) is 10.1. The van der Waals surface area contributed by atoms with E-state index >= 15 is 0 Å². The summed E-state index contributed by atoms with van der Waals surface area (Å²) in [6, 6.07) is 7.54. The standard InChI is InChI=1S/C11H8N2O4/c12-11(14)8-4-2-1-3-7(8)10-9(13(15)16)5-6-17-10/h1-6H,(H2,12,14). The lowest BCUT2D eigenvalue weighted by molar-refractivity contribution is -0.384. The van der Waals surface area contributed by atoms with Gasteiger partial charge in [0.1, 0.15) is 0 Å². The molecule has 1 aromatic carbocycles. The molecule has 0 aliphatic heterocycles. The van der Waals surface area contributed by atoms with Gasteiger partial charge in [-0.15, -0.1) is 0 Å². The van der Waals surface area contributed by atoms with Crippen molar-refractivity contribution in [2.45, 2.75) is 0 Å². The van der Waals surface area contributed by atoms with Crippen molar-refractivity contribution in [2.75, 3.05) is 0 Å². The smallest absolute Gasteiger partial charge is 0.315 e. The van der Waals surface area contributed by atoms with E-state index in [1.54, 1.807) is 18.2 Å². The maximum atomic E-state index is 11.2. The number of carbonyl (C=O) groups is 1. The van der Waals surface area contributed by atoms with Gasteiger partial charge in [-0.1, -0.05) is 18.2 Å². The molecule has 1 heterocycles. The zero-order chi connectivity index (χ0) is 12.4. The second-order valence-electron chi connectivity index (χ2n) is 3.30. The number of furan rings is 1. The van der Waals surface area contributed by atoms with Crippen molar-refractivity contribution < 1.29 is 14.1 Å². The Labute approximate surface area is 95.8 Å². The number of hydrogen-bond donors (Lipinski definition) is 1. The van der Waals surface area contributed by atoms with Crippen LogP contribution < -0.4 is 5.73 Å². The molecule has 0 atom stereocenters. The van der Waals surface area contributed by atoms with Crippen LogP contribution in [-0.2, 0) is 0 Å². The molecule has 0 saturated carbocycles. The van der Waals surface area contributed by atoms with Gasteiger partial charge in [-0.25, -0.2) is 0 Å². The highest BCUT2D eigenvalue weighted by Gasteiger charge is 2.22. The Bertz CT molecular complexity index is 589. The molecule has 0 saturated heterocycles. The zero-order valence-corrected chi connectivity index (χ0v) is 8.62. The predicted octanol–water partition coefficient (Wildman–Crippen LogP) is 1.95. The van der Waals surface area contributed by atoms with Crippen molar-refractivity contribution in [1.29, 1.82) is 0 Å². The lowest BCUT2D eigenvalue weighted by atomic mass is 10.0. The van der Waals surface area contributed by atoms with Crippen molar-refractivity contribution in [3.05, 3.63) is 52.3 Å². The topological polar surface area (TPSA) is 99.4 Å². The van der Waals surface area contributed by atoms with E-state index in [4.69, 9.17) is 10.2 Å². The minimum Gasteiger partial charge on any atom is -0.457 e. The number of nitrogens with zero attached hydrogens (tertiary/aromatic N) is 1. The van der Waals surface area contributed by atoms with Gasteiger partial charge >= 0.3 is 5.69 Å². The molecule has 6 nitrogen and oxygen atoms in total. The first-order valence-electron chi connectivity index (χ1n) is 4.72. The van der Waals surface area contributed by atoms with Gasteiger partial charge in [-0.05, 0) is 6.07 Å². The molecule has 0 spiro atoms. The van der Waals surface area contributed by atoms with Crippen LogP contribution in [0.1, 0.15) is 10.4 Å². The van der Waals surface area contributed by atoms with Crippen molar-refractivity contribution in [3.63, 3.8) is 0 Å². The van der Waals surface area contributed by atoms with Gasteiger partial charge in [0.25, 0.3) is 0 Å². The Balaban J connectivity index is 2.64. The second-order valence-corrected chi connectivity index (χ2v) is 3.30. The molecule has 1 amide bonds. The molecule has 1 aromatic heterocycles. The average molecular weight is 232 g/mol. The predicted molar refractivity (Wildman–Crippen MR) is 59.3 cm³/mol. The molecule has 2 N–H and O–H groups in total. The maximum Gasteiger partial charge on any atom is 0.315 e. The summed E-state index contributed by atoms with van der Waals surface area (Å²) in [5.74, 6) is -0.629. The third-order valence-corrected chi connectivity index (χ3v) is 2.28. The van der Waals surface area contributed by atoms with Crippen LogP contribution >= 0.6 is 0 Å². The Morgan fingerprint density at radius 1 is 1.29 bits per heavy atom. The Kier molecular flexibility index (Phi) is 2.61. The number of amides is 1. The van der Waals surface area contributed by atoms with Crippen LogP contribution in [0.4, 0.5) is 5.69 Å².